The summed E-state index contributed by atoms with van der Waals surface area (Å²) in [6.45, 7) is 0. The van der Waals surface area contributed by atoms with Crippen molar-refractivity contribution < 1.29 is 28.0 Å². The molecule has 1 aromatic carbocycles. The number of rotatable bonds is 7. The number of primary amides is 1. The Kier molecular flexibility index (Phi) is 5.64. The molecule has 0 aromatic heterocycles. The Balaban J connectivity index is 2.79. The predicted octanol–water partition coefficient (Wildman–Crippen LogP) is -1.28. The van der Waals surface area contributed by atoms with E-state index in [1.54, 1.807) is 4.72 Å². The van der Waals surface area contributed by atoms with Crippen LogP contribution in [0.4, 0.5) is 0 Å². The molecule has 0 aliphatic rings. The van der Waals surface area contributed by atoms with Crippen LogP contribution in [0.2, 0.25) is 0 Å². The summed E-state index contributed by atoms with van der Waals surface area (Å²) in [7, 11) is -2.65. The van der Waals surface area contributed by atoms with Crippen molar-refractivity contribution in [1.29, 1.82) is 0 Å². The molecule has 0 spiro atoms. The molecule has 10 heteroatoms. The first-order valence-electron chi connectivity index (χ1n) is 5.69. The minimum Gasteiger partial charge on any atom is -0.497 e. The quantitative estimate of drug-likeness (QED) is 0.458. The summed E-state index contributed by atoms with van der Waals surface area (Å²) in [6.07, 6.45) is -0.624. The largest absolute Gasteiger partial charge is 0.497 e. The van der Waals surface area contributed by atoms with Gasteiger partial charge in [-0.3, -0.25) is 9.59 Å². The molecule has 0 radical (unpaired) electrons. The smallest absolute Gasteiger partial charge is 0.264 e. The van der Waals surface area contributed by atoms with E-state index in [-0.39, 0.29) is 4.90 Å². The Bertz CT molecular complexity index is 613. The van der Waals surface area contributed by atoms with Gasteiger partial charge in [-0.15, -0.1) is 0 Å². The molecule has 0 aliphatic heterocycles. The van der Waals surface area contributed by atoms with Gasteiger partial charge in [0, 0.05) is 0 Å². The summed E-state index contributed by atoms with van der Waals surface area (Å²) < 4.78 is 30.5. The summed E-state index contributed by atoms with van der Waals surface area (Å²) in [5.41, 5.74) is 6.42. The van der Waals surface area contributed by atoms with Crippen LogP contribution in [0.15, 0.2) is 29.2 Å². The highest BCUT2D eigenvalue weighted by atomic mass is 32.2. The minimum absolute atomic E-state index is 0.149. The summed E-state index contributed by atoms with van der Waals surface area (Å²) in [5.74, 6) is -1.52. The molecule has 0 aliphatic carbocycles. The van der Waals surface area contributed by atoms with Gasteiger partial charge in [0.25, 0.3) is 10.0 Å². The van der Waals surface area contributed by atoms with Crippen LogP contribution in [0.5, 0.6) is 5.75 Å². The molecule has 0 saturated heterocycles. The number of amides is 2. The fourth-order valence-corrected chi connectivity index (χ4v) is 2.40. The van der Waals surface area contributed by atoms with Crippen LogP contribution in [0, 0.1) is 0 Å². The van der Waals surface area contributed by atoms with E-state index in [0.717, 1.165) is 0 Å². The number of hydrogen-bond acceptors (Lipinski definition) is 7. The molecule has 0 fully saturated rings. The number of sulfonamides is 1. The van der Waals surface area contributed by atoms with E-state index in [1.165, 1.54) is 36.9 Å². The summed E-state index contributed by atoms with van der Waals surface area (Å²) >= 11 is 0. The number of methoxy groups -OCH3 is 1. The van der Waals surface area contributed by atoms with Crippen molar-refractivity contribution in [2.24, 2.45) is 5.73 Å². The van der Waals surface area contributed by atoms with Gasteiger partial charge in [-0.2, -0.15) is 5.48 Å². The van der Waals surface area contributed by atoms with E-state index >= 15 is 0 Å². The first-order chi connectivity index (χ1) is 9.80. The fourth-order valence-electron chi connectivity index (χ4n) is 1.40. The Morgan fingerprint density at radius 3 is 2.33 bits per heavy atom. The van der Waals surface area contributed by atoms with E-state index in [9.17, 15) is 18.0 Å². The molecule has 21 heavy (non-hydrogen) atoms. The maximum absolute atomic E-state index is 11.9. The summed E-state index contributed by atoms with van der Waals surface area (Å²) in [4.78, 5) is 22.2. The Labute approximate surface area is 121 Å². The SMILES string of the molecule is COc1ccc(S(=O)(=O)NC(=O)C[C@H](NO)C(N)=O)cc1. The van der Waals surface area contributed by atoms with Crippen LogP contribution in [0.1, 0.15) is 6.42 Å². The van der Waals surface area contributed by atoms with Gasteiger partial charge in [0.15, 0.2) is 0 Å². The first kappa shape index (κ1) is 16.9. The lowest BCUT2D eigenvalue weighted by Gasteiger charge is -2.11. The Morgan fingerprint density at radius 1 is 1.33 bits per heavy atom. The molecule has 1 aromatic rings. The number of nitrogens with two attached hydrogens (primary N) is 1. The van der Waals surface area contributed by atoms with Gasteiger partial charge in [-0.1, -0.05) is 0 Å². The highest BCUT2D eigenvalue weighted by molar-refractivity contribution is 7.90. The second-order valence-electron chi connectivity index (χ2n) is 3.99. The van der Waals surface area contributed by atoms with Crippen LogP contribution >= 0.6 is 0 Å². The zero-order valence-electron chi connectivity index (χ0n) is 11.1. The van der Waals surface area contributed by atoms with E-state index in [4.69, 9.17) is 15.7 Å². The third kappa shape index (κ3) is 4.70. The summed E-state index contributed by atoms with van der Waals surface area (Å²) in [5, 5.41) is 8.62. The van der Waals surface area contributed by atoms with Crippen molar-refractivity contribution in [3.05, 3.63) is 24.3 Å². The number of nitrogens with one attached hydrogen (secondary N) is 2. The molecule has 2 amide bonds. The molecule has 9 nitrogen and oxygen atoms in total. The first-order valence-corrected chi connectivity index (χ1v) is 7.17. The molecular weight excluding hydrogens is 302 g/mol. The number of hydroxylamine groups is 1. The van der Waals surface area contributed by atoms with Gasteiger partial charge in [0.2, 0.25) is 11.8 Å². The molecular formula is C11H15N3O6S. The van der Waals surface area contributed by atoms with Crippen molar-refractivity contribution in [2.75, 3.05) is 7.11 Å². The average Bonchev–Trinajstić information content (AvgIpc) is 2.44. The number of ether oxygens (including phenoxy) is 1. The van der Waals surface area contributed by atoms with E-state index in [0.29, 0.717) is 5.75 Å². The van der Waals surface area contributed by atoms with Crippen molar-refractivity contribution in [2.45, 2.75) is 17.4 Å². The molecule has 0 unspecified atom stereocenters. The number of benzene rings is 1. The van der Waals surface area contributed by atoms with Crippen molar-refractivity contribution in [3.8, 4) is 5.75 Å². The van der Waals surface area contributed by atoms with E-state index in [1.807, 2.05) is 0 Å². The van der Waals surface area contributed by atoms with Gasteiger partial charge in [-0.25, -0.2) is 13.1 Å². The molecule has 5 N–H and O–H groups in total. The van der Waals surface area contributed by atoms with Gasteiger partial charge in [-0.05, 0) is 24.3 Å². The van der Waals surface area contributed by atoms with Crippen LogP contribution in [0.25, 0.3) is 0 Å². The Hall–Kier alpha value is -2.17. The number of carbonyl (C=O) groups is 2. The van der Waals surface area contributed by atoms with Crippen molar-refractivity contribution in [1.82, 2.24) is 10.2 Å². The molecule has 1 rings (SSSR count). The molecule has 0 bridgehead atoms. The lowest BCUT2D eigenvalue weighted by molar-refractivity contribution is -0.128. The third-order valence-corrected chi connectivity index (χ3v) is 3.90. The van der Waals surface area contributed by atoms with Crippen LogP contribution in [-0.2, 0) is 19.6 Å². The normalized spacial score (nSPS) is 12.5. The van der Waals surface area contributed by atoms with Crippen LogP contribution in [-0.4, -0.2) is 38.6 Å². The lowest BCUT2D eigenvalue weighted by Crippen LogP contribution is -2.44. The van der Waals surface area contributed by atoms with Crippen molar-refractivity contribution in [3.63, 3.8) is 0 Å². The average molecular weight is 317 g/mol. The maximum atomic E-state index is 11.9. The minimum atomic E-state index is -4.08. The molecule has 1 atom stereocenters. The second kappa shape index (κ2) is 7.02. The zero-order valence-corrected chi connectivity index (χ0v) is 11.9. The number of hydrogen-bond donors (Lipinski definition) is 4. The van der Waals surface area contributed by atoms with Gasteiger partial charge in [0.05, 0.1) is 18.4 Å². The van der Waals surface area contributed by atoms with Gasteiger partial charge in [0.1, 0.15) is 11.8 Å². The zero-order chi connectivity index (χ0) is 16.0. The highest BCUT2D eigenvalue weighted by Crippen LogP contribution is 2.15. The van der Waals surface area contributed by atoms with Crippen LogP contribution < -0.4 is 20.7 Å². The maximum Gasteiger partial charge on any atom is 0.264 e. The molecule has 0 heterocycles. The monoisotopic (exact) mass is 317 g/mol. The fraction of sp³-hybridized carbons (Fsp3) is 0.273. The second-order valence-corrected chi connectivity index (χ2v) is 5.67. The standard InChI is InChI=1S/C11H15N3O6S/c1-20-7-2-4-8(5-3-7)21(18,19)14-10(15)6-9(13-17)11(12)16/h2-5,9,13,17H,6H2,1H3,(H2,12,16)(H,14,15)/t9-/m0/s1. The van der Waals surface area contributed by atoms with Gasteiger partial charge >= 0.3 is 0 Å². The third-order valence-electron chi connectivity index (χ3n) is 2.51. The lowest BCUT2D eigenvalue weighted by atomic mass is 10.2. The highest BCUT2D eigenvalue weighted by Gasteiger charge is 2.23. The molecule has 0 saturated carbocycles. The van der Waals surface area contributed by atoms with Gasteiger partial charge < -0.3 is 15.7 Å². The van der Waals surface area contributed by atoms with Crippen LogP contribution in [0.3, 0.4) is 0 Å². The van der Waals surface area contributed by atoms with E-state index < -0.39 is 34.3 Å². The molecule has 116 valence electrons. The van der Waals surface area contributed by atoms with E-state index in [2.05, 4.69) is 0 Å². The predicted molar refractivity (Wildman–Crippen MR) is 70.8 cm³/mol. The number of carbonyl (C=O) groups excluding carboxylic acids is 2. The summed E-state index contributed by atoms with van der Waals surface area (Å²) in [6, 6.07) is 3.96. The topological polar surface area (TPSA) is 148 Å². The Morgan fingerprint density at radius 2 is 1.90 bits per heavy atom. The van der Waals surface area contributed by atoms with Crippen molar-refractivity contribution >= 4 is 21.8 Å².